The van der Waals surface area contributed by atoms with Crippen LogP contribution in [0.15, 0.2) is 23.8 Å². The maximum Gasteiger partial charge on any atom is 0.261 e. The summed E-state index contributed by atoms with van der Waals surface area (Å²) < 4.78 is 0. The fourth-order valence-electron chi connectivity index (χ4n) is 3.15. The lowest BCUT2D eigenvalue weighted by atomic mass is 9.95. The van der Waals surface area contributed by atoms with E-state index >= 15 is 0 Å². The lowest BCUT2D eigenvalue weighted by Gasteiger charge is -2.20. The zero-order chi connectivity index (χ0) is 13.5. The molecule has 2 aromatic heterocycles. The Bertz CT molecular complexity index is 622. The van der Waals surface area contributed by atoms with Gasteiger partial charge in [0.05, 0.1) is 15.3 Å². The van der Waals surface area contributed by atoms with Crippen molar-refractivity contribution in [3.8, 4) is 9.75 Å². The molecular weight excluding hydrogens is 290 g/mol. The van der Waals surface area contributed by atoms with E-state index in [0.717, 1.165) is 21.1 Å². The molecule has 2 aromatic rings. The SMILES string of the molecule is O=C(N[C@@H]1C[C@H]2CC[C@@H]1N2)c1ccc(-c2cncs2)s1. The van der Waals surface area contributed by atoms with Gasteiger partial charge in [-0.2, -0.15) is 0 Å². The molecule has 2 fully saturated rings. The number of rotatable bonds is 3. The van der Waals surface area contributed by atoms with Gasteiger partial charge in [-0.3, -0.25) is 9.78 Å². The van der Waals surface area contributed by atoms with Crippen LogP contribution in [0, 0.1) is 0 Å². The number of amides is 1. The lowest BCUT2D eigenvalue weighted by molar-refractivity contribution is 0.0935. The van der Waals surface area contributed by atoms with E-state index in [0.29, 0.717) is 18.1 Å². The monoisotopic (exact) mass is 305 g/mol. The molecule has 2 aliphatic heterocycles. The van der Waals surface area contributed by atoms with Crippen molar-refractivity contribution in [2.24, 2.45) is 0 Å². The first-order valence-electron chi connectivity index (χ1n) is 6.85. The Hall–Kier alpha value is -1.24. The Kier molecular flexibility index (Phi) is 3.09. The Morgan fingerprint density at radius 1 is 1.35 bits per heavy atom. The molecule has 0 spiro atoms. The van der Waals surface area contributed by atoms with Gasteiger partial charge in [-0.25, -0.2) is 0 Å². The number of hydrogen-bond donors (Lipinski definition) is 2. The second kappa shape index (κ2) is 4.95. The lowest BCUT2D eigenvalue weighted by Crippen LogP contribution is -2.42. The van der Waals surface area contributed by atoms with Crippen molar-refractivity contribution >= 4 is 28.6 Å². The number of carbonyl (C=O) groups is 1. The second-order valence-electron chi connectivity index (χ2n) is 5.39. The van der Waals surface area contributed by atoms with Crippen LogP contribution in [0.5, 0.6) is 0 Å². The highest BCUT2D eigenvalue weighted by Crippen LogP contribution is 2.32. The highest BCUT2D eigenvalue weighted by atomic mass is 32.1. The summed E-state index contributed by atoms with van der Waals surface area (Å²) in [6.07, 6.45) is 5.36. The summed E-state index contributed by atoms with van der Waals surface area (Å²) in [5.41, 5.74) is 1.82. The molecule has 4 heterocycles. The zero-order valence-electron chi connectivity index (χ0n) is 10.8. The number of fused-ring (bicyclic) bond motifs is 2. The van der Waals surface area contributed by atoms with Gasteiger partial charge in [0.15, 0.2) is 0 Å². The Morgan fingerprint density at radius 3 is 3.00 bits per heavy atom. The molecule has 1 amide bonds. The predicted molar refractivity (Wildman–Crippen MR) is 81.2 cm³/mol. The van der Waals surface area contributed by atoms with Crippen LogP contribution >= 0.6 is 22.7 Å². The van der Waals surface area contributed by atoms with Crippen LogP contribution in [0.1, 0.15) is 28.9 Å². The van der Waals surface area contributed by atoms with Crippen molar-refractivity contribution in [2.45, 2.75) is 37.4 Å². The van der Waals surface area contributed by atoms with Gasteiger partial charge in [-0.1, -0.05) is 0 Å². The van der Waals surface area contributed by atoms with E-state index in [1.54, 1.807) is 22.7 Å². The van der Waals surface area contributed by atoms with E-state index in [1.165, 1.54) is 12.8 Å². The number of nitrogens with zero attached hydrogens (tertiary/aromatic N) is 1. The van der Waals surface area contributed by atoms with Crippen molar-refractivity contribution in [3.63, 3.8) is 0 Å². The fourth-order valence-corrected chi connectivity index (χ4v) is 4.78. The van der Waals surface area contributed by atoms with Crippen molar-refractivity contribution in [1.82, 2.24) is 15.6 Å². The number of nitrogens with one attached hydrogen (secondary N) is 2. The minimum absolute atomic E-state index is 0.0603. The van der Waals surface area contributed by atoms with Crippen molar-refractivity contribution in [2.75, 3.05) is 0 Å². The van der Waals surface area contributed by atoms with Crippen molar-refractivity contribution in [1.29, 1.82) is 0 Å². The third kappa shape index (κ3) is 2.17. The summed E-state index contributed by atoms with van der Waals surface area (Å²) in [5.74, 6) is 0.0603. The molecule has 0 aromatic carbocycles. The minimum atomic E-state index is 0.0603. The van der Waals surface area contributed by atoms with Crippen LogP contribution < -0.4 is 10.6 Å². The largest absolute Gasteiger partial charge is 0.347 e. The van der Waals surface area contributed by atoms with E-state index in [4.69, 9.17) is 0 Å². The first-order chi connectivity index (χ1) is 9.79. The molecule has 0 unspecified atom stereocenters. The third-order valence-electron chi connectivity index (χ3n) is 4.12. The maximum atomic E-state index is 12.3. The highest BCUT2D eigenvalue weighted by Gasteiger charge is 2.39. The Balaban J connectivity index is 1.46. The van der Waals surface area contributed by atoms with Gasteiger partial charge in [0, 0.05) is 29.2 Å². The van der Waals surface area contributed by atoms with Gasteiger partial charge in [-0.05, 0) is 31.4 Å². The second-order valence-corrected chi connectivity index (χ2v) is 7.36. The summed E-state index contributed by atoms with van der Waals surface area (Å²) in [6.45, 7) is 0. The standard InChI is InChI=1S/C14H15N3OS2/c18-14(17-10-5-8-1-2-9(10)16-8)12-4-3-11(20-12)13-6-15-7-19-13/h3-4,6-10,16H,1-2,5H2,(H,17,18)/t8-,9+,10-/m1/s1. The number of aromatic nitrogens is 1. The molecule has 4 nitrogen and oxygen atoms in total. The first-order valence-corrected chi connectivity index (χ1v) is 8.55. The van der Waals surface area contributed by atoms with Gasteiger partial charge in [-0.15, -0.1) is 22.7 Å². The molecule has 2 aliphatic rings. The van der Waals surface area contributed by atoms with Crippen LogP contribution in [0.4, 0.5) is 0 Å². The molecule has 3 atom stereocenters. The smallest absolute Gasteiger partial charge is 0.261 e. The van der Waals surface area contributed by atoms with Gasteiger partial charge >= 0.3 is 0 Å². The van der Waals surface area contributed by atoms with Gasteiger partial charge < -0.3 is 10.6 Å². The average molecular weight is 305 g/mol. The van der Waals surface area contributed by atoms with Gasteiger partial charge in [0.2, 0.25) is 0 Å². The topological polar surface area (TPSA) is 54.0 Å². The molecule has 0 saturated carbocycles. The Morgan fingerprint density at radius 2 is 2.30 bits per heavy atom. The molecule has 0 radical (unpaired) electrons. The summed E-state index contributed by atoms with van der Waals surface area (Å²) in [4.78, 5) is 19.4. The number of hydrogen-bond acceptors (Lipinski definition) is 5. The van der Waals surface area contributed by atoms with E-state index in [-0.39, 0.29) is 5.91 Å². The zero-order valence-corrected chi connectivity index (χ0v) is 12.5. The van der Waals surface area contributed by atoms with E-state index in [2.05, 4.69) is 15.6 Å². The quantitative estimate of drug-likeness (QED) is 0.916. The molecule has 4 rings (SSSR count). The van der Waals surface area contributed by atoms with Crippen LogP contribution in [-0.4, -0.2) is 29.0 Å². The van der Waals surface area contributed by atoms with Gasteiger partial charge in [0.1, 0.15) is 0 Å². The van der Waals surface area contributed by atoms with Crippen LogP contribution in [0.2, 0.25) is 0 Å². The van der Waals surface area contributed by atoms with Crippen molar-refractivity contribution in [3.05, 3.63) is 28.7 Å². The summed E-state index contributed by atoms with van der Waals surface area (Å²) >= 11 is 3.14. The highest BCUT2D eigenvalue weighted by molar-refractivity contribution is 7.22. The minimum Gasteiger partial charge on any atom is -0.347 e. The van der Waals surface area contributed by atoms with E-state index < -0.39 is 0 Å². The van der Waals surface area contributed by atoms with Crippen LogP contribution in [-0.2, 0) is 0 Å². The summed E-state index contributed by atoms with van der Waals surface area (Å²) in [7, 11) is 0. The molecule has 20 heavy (non-hydrogen) atoms. The summed E-state index contributed by atoms with van der Waals surface area (Å²) in [5, 5.41) is 6.73. The molecule has 6 heteroatoms. The molecular formula is C14H15N3OS2. The van der Waals surface area contributed by atoms with E-state index in [9.17, 15) is 4.79 Å². The third-order valence-corrected chi connectivity index (χ3v) is 6.17. The number of thiazole rings is 1. The predicted octanol–water partition coefficient (Wildman–Crippen LogP) is 2.49. The number of carbonyl (C=O) groups excluding carboxylic acids is 1. The average Bonchev–Trinajstić information content (AvgIpc) is 3.21. The molecule has 2 saturated heterocycles. The molecule has 104 valence electrons. The van der Waals surface area contributed by atoms with Crippen LogP contribution in [0.25, 0.3) is 9.75 Å². The molecule has 2 N–H and O–H groups in total. The normalized spacial score (nSPS) is 27.9. The van der Waals surface area contributed by atoms with Crippen LogP contribution in [0.3, 0.4) is 0 Å². The molecule has 0 aliphatic carbocycles. The maximum absolute atomic E-state index is 12.3. The van der Waals surface area contributed by atoms with E-state index in [1.807, 2.05) is 23.8 Å². The molecule has 2 bridgehead atoms. The van der Waals surface area contributed by atoms with Crippen molar-refractivity contribution < 1.29 is 4.79 Å². The fraction of sp³-hybridized carbons (Fsp3) is 0.429. The van der Waals surface area contributed by atoms with Gasteiger partial charge in [0.25, 0.3) is 5.91 Å². The number of thiophene rings is 1. The first kappa shape index (κ1) is 12.5. The Labute approximate surface area is 125 Å². The summed E-state index contributed by atoms with van der Waals surface area (Å²) in [6, 6.07) is 5.31.